The number of halogens is 1. The SMILES string of the molecule is CC.CCc1nc(N(Cc2ccc(C)cc2)Cc2ccc(OC)cc2)nc(C)c1Br. The van der Waals surface area contributed by atoms with Gasteiger partial charge in [0, 0.05) is 13.1 Å². The lowest BCUT2D eigenvalue weighted by atomic mass is 10.1. The Morgan fingerprint density at radius 1 is 0.867 bits per heavy atom. The summed E-state index contributed by atoms with van der Waals surface area (Å²) in [5, 5.41) is 0. The Bertz CT molecular complexity index is 924. The van der Waals surface area contributed by atoms with Crippen LogP contribution in [0.4, 0.5) is 5.95 Å². The van der Waals surface area contributed by atoms with Crippen molar-refractivity contribution in [3.8, 4) is 5.75 Å². The fourth-order valence-electron chi connectivity index (χ4n) is 3.04. The van der Waals surface area contributed by atoms with Gasteiger partial charge in [0.1, 0.15) is 5.75 Å². The Morgan fingerprint density at radius 3 is 1.90 bits per heavy atom. The van der Waals surface area contributed by atoms with Crippen molar-refractivity contribution in [2.45, 2.75) is 54.1 Å². The molecule has 0 saturated carbocycles. The van der Waals surface area contributed by atoms with Gasteiger partial charge in [-0.25, -0.2) is 9.97 Å². The summed E-state index contributed by atoms with van der Waals surface area (Å²) in [7, 11) is 1.68. The van der Waals surface area contributed by atoms with Crippen LogP contribution in [0, 0.1) is 13.8 Å². The first-order chi connectivity index (χ1) is 14.5. The molecule has 0 amide bonds. The highest BCUT2D eigenvalue weighted by Crippen LogP contribution is 2.24. The molecule has 0 unspecified atom stereocenters. The van der Waals surface area contributed by atoms with E-state index in [4.69, 9.17) is 14.7 Å². The molecule has 1 aromatic heterocycles. The van der Waals surface area contributed by atoms with E-state index in [-0.39, 0.29) is 0 Å². The van der Waals surface area contributed by atoms with Crippen molar-refractivity contribution in [3.05, 3.63) is 81.1 Å². The van der Waals surface area contributed by atoms with E-state index >= 15 is 0 Å². The normalized spacial score (nSPS) is 10.2. The van der Waals surface area contributed by atoms with Crippen LogP contribution in [-0.2, 0) is 19.5 Å². The van der Waals surface area contributed by atoms with Gasteiger partial charge >= 0.3 is 0 Å². The highest BCUT2D eigenvalue weighted by molar-refractivity contribution is 9.10. The molecule has 0 atom stereocenters. The number of aromatic nitrogens is 2. The van der Waals surface area contributed by atoms with Crippen molar-refractivity contribution in [2.75, 3.05) is 12.0 Å². The predicted molar refractivity (Wildman–Crippen MR) is 129 cm³/mol. The summed E-state index contributed by atoms with van der Waals surface area (Å²) in [6.07, 6.45) is 0.859. The van der Waals surface area contributed by atoms with Gasteiger partial charge in [0.05, 0.1) is 23.0 Å². The third-order valence-electron chi connectivity index (χ3n) is 4.72. The van der Waals surface area contributed by atoms with E-state index in [2.05, 4.69) is 71.1 Å². The molecule has 0 radical (unpaired) electrons. The molecule has 30 heavy (non-hydrogen) atoms. The first-order valence-corrected chi connectivity index (χ1v) is 11.3. The Balaban J connectivity index is 0.00000155. The second-order valence-corrected chi connectivity index (χ2v) is 7.71. The Hall–Kier alpha value is -2.40. The van der Waals surface area contributed by atoms with E-state index in [0.717, 1.165) is 47.1 Å². The fourth-order valence-corrected chi connectivity index (χ4v) is 3.50. The van der Waals surface area contributed by atoms with Gasteiger partial charge in [-0.2, -0.15) is 0 Å². The number of methoxy groups -OCH3 is 1. The zero-order chi connectivity index (χ0) is 22.1. The Kier molecular flexibility index (Phi) is 9.31. The highest BCUT2D eigenvalue weighted by Gasteiger charge is 2.15. The lowest BCUT2D eigenvalue weighted by molar-refractivity contribution is 0.414. The summed E-state index contributed by atoms with van der Waals surface area (Å²) < 4.78 is 6.28. The van der Waals surface area contributed by atoms with Crippen LogP contribution in [0.1, 0.15) is 48.8 Å². The summed E-state index contributed by atoms with van der Waals surface area (Å²) in [6.45, 7) is 11.7. The summed E-state index contributed by atoms with van der Waals surface area (Å²) in [4.78, 5) is 11.8. The zero-order valence-electron chi connectivity index (χ0n) is 18.9. The number of rotatable bonds is 7. The smallest absolute Gasteiger partial charge is 0.226 e. The van der Waals surface area contributed by atoms with Gasteiger partial charge in [-0.15, -0.1) is 0 Å². The number of ether oxygens (including phenoxy) is 1. The number of nitrogens with zero attached hydrogens (tertiary/aromatic N) is 3. The summed E-state index contributed by atoms with van der Waals surface area (Å²) in [5.74, 6) is 1.62. The molecule has 160 valence electrons. The minimum Gasteiger partial charge on any atom is -0.497 e. The van der Waals surface area contributed by atoms with Crippen molar-refractivity contribution in [1.29, 1.82) is 0 Å². The van der Waals surface area contributed by atoms with Crippen LogP contribution in [0.3, 0.4) is 0 Å². The largest absolute Gasteiger partial charge is 0.497 e. The van der Waals surface area contributed by atoms with Crippen molar-refractivity contribution in [1.82, 2.24) is 9.97 Å². The number of hydrogen-bond donors (Lipinski definition) is 0. The topological polar surface area (TPSA) is 38.2 Å². The molecule has 0 aliphatic carbocycles. The van der Waals surface area contributed by atoms with Crippen LogP contribution < -0.4 is 9.64 Å². The maximum absolute atomic E-state index is 5.28. The molecule has 0 fully saturated rings. The average molecular weight is 470 g/mol. The molecule has 0 N–H and O–H groups in total. The maximum Gasteiger partial charge on any atom is 0.226 e. The minimum absolute atomic E-state index is 0.724. The molecular weight excluding hydrogens is 438 g/mol. The lowest BCUT2D eigenvalue weighted by Gasteiger charge is -2.24. The molecule has 3 rings (SSSR count). The van der Waals surface area contributed by atoms with Crippen LogP contribution >= 0.6 is 15.9 Å². The number of anilines is 1. The van der Waals surface area contributed by atoms with Crippen molar-refractivity contribution in [2.24, 2.45) is 0 Å². The van der Waals surface area contributed by atoms with Gasteiger partial charge < -0.3 is 9.64 Å². The number of aryl methyl sites for hydroxylation is 3. The van der Waals surface area contributed by atoms with Crippen molar-refractivity contribution >= 4 is 21.9 Å². The molecular formula is C25H32BrN3O. The standard InChI is InChI=1S/C23H26BrN3O.C2H6/c1-5-21-22(24)17(3)25-23(26-21)27(14-18-8-6-16(2)7-9-18)15-19-10-12-20(28-4)13-11-19;1-2/h6-13H,5,14-15H2,1-4H3;1-2H3. The van der Waals surface area contributed by atoms with E-state index in [1.54, 1.807) is 7.11 Å². The van der Waals surface area contributed by atoms with Gasteiger partial charge in [-0.3, -0.25) is 0 Å². The fraction of sp³-hybridized carbons (Fsp3) is 0.360. The number of benzene rings is 2. The lowest BCUT2D eigenvalue weighted by Crippen LogP contribution is -2.25. The molecule has 1 heterocycles. The van der Waals surface area contributed by atoms with Crippen molar-refractivity contribution in [3.63, 3.8) is 0 Å². The van der Waals surface area contributed by atoms with E-state index in [1.807, 2.05) is 32.9 Å². The summed E-state index contributed by atoms with van der Waals surface area (Å²) in [6, 6.07) is 16.8. The van der Waals surface area contributed by atoms with Crippen LogP contribution in [-0.4, -0.2) is 17.1 Å². The average Bonchev–Trinajstić information content (AvgIpc) is 2.78. The molecule has 4 nitrogen and oxygen atoms in total. The molecule has 5 heteroatoms. The van der Waals surface area contributed by atoms with Crippen molar-refractivity contribution < 1.29 is 4.74 Å². The molecule has 0 bridgehead atoms. The van der Waals surface area contributed by atoms with Crippen LogP contribution in [0.5, 0.6) is 5.75 Å². The minimum atomic E-state index is 0.724. The molecule has 0 aliphatic rings. The summed E-state index contributed by atoms with van der Waals surface area (Å²) >= 11 is 3.62. The monoisotopic (exact) mass is 469 g/mol. The predicted octanol–water partition coefficient (Wildman–Crippen LogP) is 6.66. The Labute approximate surface area is 189 Å². The van der Waals surface area contributed by atoms with Crippen LogP contribution in [0.2, 0.25) is 0 Å². The molecule has 0 saturated heterocycles. The molecule has 3 aromatic rings. The van der Waals surface area contributed by atoms with Gasteiger partial charge in [0.15, 0.2) is 0 Å². The zero-order valence-corrected chi connectivity index (χ0v) is 20.5. The van der Waals surface area contributed by atoms with Gasteiger partial charge in [0.25, 0.3) is 0 Å². The van der Waals surface area contributed by atoms with Gasteiger partial charge in [-0.1, -0.05) is 62.7 Å². The quantitative estimate of drug-likeness (QED) is 0.387. The van der Waals surface area contributed by atoms with E-state index in [1.165, 1.54) is 16.7 Å². The number of hydrogen-bond acceptors (Lipinski definition) is 4. The highest BCUT2D eigenvalue weighted by atomic mass is 79.9. The Morgan fingerprint density at radius 2 is 1.40 bits per heavy atom. The van der Waals surface area contributed by atoms with E-state index in [9.17, 15) is 0 Å². The van der Waals surface area contributed by atoms with E-state index in [0.29, 0.717) is 0 Å². The third kappa shape index (κ3) is 6.30. The van der Waals surface area contributed by atoms with Crippen LogP contribution in [0.15, 0.2) is 53.0 Å². The summed E-state index contributed by atoms with van der Waals surface area (Å²) in [5.41, 5.74) is 5.68. The first-order valence-electron chi connectivity index (χ1n) is 10.5. The van der Waals surface area contributed by atoms with Gasteiger partial charge in [0.2, 0.25) is 5.95 Å². The van der Waals surface area contributed by atoms with Crippen LogP contribution in [0.25, 0.3) is 0 Å². The third-order valence-corrected chi connectivity index (χ3v) is 5.75. The second-order valence-electron chi connectivity index (χ2n) is 6.91. The first kappa shape index (κ1) is 23.9. The van der Waals surface area contributed by atoms with E-state index < -0.39 is 0 Å². The molecule has 0 spiro atoms. The molecule has 0 aliphatic heterocycles. The maximum atomic E-state index is 5.28. The molecule has 2 aromatic carbocycles. The second kappa shape index (κ2) is 11.7. The van der Waals surface area contributed by atoms with Gasteiger partial charge in [-0.05, 0) is 59.5 Å².